The number of primary amides is 2. The molecule has 0 atom stereocenters. The van der Waals surface area contributed by atoms with Gasteiger partial charge in [0.1, 0.15) is 0 Å². The standard InChI is InChI=1S/C10H16N2O2/c1-3-7(9(11)13)5-6-8(4-2)10(12)14/h3-4H,5-6H2,1-2H3,(H2,11,13)(H2,12,14). The molecule has 0 aromatic heterocycles. The monoisotopic (exact) mass is 196 g/mol. The van der Waals surface area contributed by atoms with Gasteiger partial charge in [0.25, 0.3) is 0 Å². The molecule has 0 aliphatic carbocycles. The normalized spacial score (nSPS) is 12.7. The number of hydrogen-bond acceptors (Lipinski definition) is 2. The van der Waals surface area contributed by atoms with Crippen molar-refractivity contribution in [1.82, 2.24) is 0 Å². The second kappa shape index (κ2) is 5.96. The second-order valence-corrected chi connectivity index (χ2v) is 2.86. The largest absolute Gasteiger partial charge is 0.366 e. The second-order valence-electron chi connectivity index (χ2n) is 2.86. The van der Waals surface area contributed by atoms with E-state index in [-0.39, 0.29) is 0 Å². The Morgan fingerprint density at radius 2 is 1.21 bits per heavy atom. The molecule has 0 aliphatic heterocycles. The van der Waals surface area contributed by atoms with E-state index in [2.05, 4.69) is 0 Å². The predicted molar refractivity (Wildman–Crippen MR) is 55.1 cm³/mol. The molecule has 4 nitrogen and oxygen atoms in total. The maximum atomic E-state index is 10.8. The minimum Gasteiger partial charge on any atom is -0.366 e. The smallest absolute Gasteiger partial charge is 0.244 e. The number of hydrogen-bond donors (Lipinski definition) is 2. The average Bonchev–Trinajstić information content (AvgIpc) is 2.11. The van der Waals surface area contributed by atoms with Crippen LogP contribution in [0.5, 0.6) is 0 Å². The number of allylic oxidation sites excluding steroid dienone is 2. The Bertz CT molecular complexity index is 260. The average molecular weight is 196 g/mol. The summed E-state index contributed by atoms with van der Waals surface area (Å²) in [4.78, 5) is 21.6. The molecule has 0 saturated heterocycles. The van der Waals surface area contributed by atoms with Gasteiger partial charge in [-0.2, -0.15) is 0 Å². The van der Waals surface area contributed by atoms with Crippen LogP contribution in [-0.4, -0.2) is 11.8 Å². The first-order valence-electron chi connectivity index (χ1n) is 4.42. The Hall–Kier alpha value is -1.58. The molecule has 0 rings (SSSR count). The fourth-order valence-electron chi connectivity index (χ4n) is 1.09. The van der Waals surface area contributed by atoms with Crippen LogP contribution in [0.4, 0.5) is 0 Å². The summed E-state index contributed by atoms with van der Waals surface area (Å²) in [6, 6.07) is 0. The number of carbonyl (C=O) groups excluding carboxylic acids is 2. The fraction of sp³-hybridized carbons (Fsp3) is 0.400. The number of amides is 2. The highest BCUT2D eigenvalue weighted by Crippen LogP contribution is 2.10. The summed E-state index contributed by atoms with van der Waals surface area (Å²) in [7, 11) is 0. The molecule has 0 bridgehead atoms. The lowest BCUT2D eigenvalue weighted by atomic mass is 10.0. The summed E-state index contributed by atoms with van der Waals surface area (Å²) in [5.74, 6) is -0.903. The lowest BCUT2D eigenvalue weighted by molar-refractivity contribution is -0.116. The molecular weight excluding hydrogens is 180 g/mol. The maximum absolute atomic E-state index is 10.8. The molecular formula is C10H16N2O2. The van der Waals surface area contributed by atoms with Crippen LogP contribution in [-0.2, 0) is 9.59 Å². The molecule has 0 heterocycles. The van der Waals surface area contributed by atoms with E-state index in [1.165, 1.54) is 0 Å². The van der Waals surface area contributed by atoms with E-state index >= 15 is 0 Å². The summed E-state index contributed by atoms with van der Waals surface area (Å²) in [6.45, 7) is 3.47. The zero-order chi connectivity index (χ0) is 11.1. The van der Waals surface area contributed by atoms with E-state index in [4.69, 9.17) is 11.5 Å². The predicted octanol–water partition coefficient (Wildman–Crippen LogP) is 0.630. The molecule has 4 heteroatoms. The minimum atomic E-state index is -0.451. The van der Waals surface area contributed by atoms with Crippen LogP contribution in [0, 0.1) is 0 Å². The van der Waals surface area contributed by atoms with Gasteiger partial charge in [0, 0.05) is 11.1 Å². The molecule has 14 heavy (non-hydrogen) atoms. The van der Waals surface area contributed by atoms with Crippen molar-refractivity contribution in [2.24, 2.45) is 11.5 Å². The van der Waals surface area contributed by atoms with Crippen LogP contribution in [0.25, 0.3) is 0 Å². The highest BCUT2D eigenvalue weighted by Gasteiger charge is 2.07. The fourth-order valence-corrected chi connectivity index (χ4v) is 1.09. The van der Waals surface area contributed by atoms with Crippen LogP contribution >= 0.6 is 0 Å². The van der Waals surface area contributed by atoms with Crippen LogP contribution in [0.3, 0.4) is 0 Å². The van der Waals surface area contributed by atoms with Gasteiger partial charge < -0.3 is 11.5 Å². The van der Waals surface area contributed by atoms with Gasteiger partial charge in [-0.15, -0.1) is 0 Å². The quantitative estimate of drug-likeness (QED) is 0.632. The van der Waals surface area contributed by atoms with Gasteiger partial charge in [-0.1, -0.05) is 12.2 Å². The van der Waals surface area contributed by atoms with Gasteiger partial charge in [-0.05, 0) is 26.7 Å². The molecule has 0 radical (unpaired) electrons. The minimum absolute atomic E-state index is 0.451. The molecule has 0 saturated carbocycles. The van der Waals surface area contributed by atoms with Gasteiger partial charge in [-0.25, -0.2) is 0 Å². The van der Waals surface area contributed by atoms with Crippen molar-refractivity contribution in [2.75, 3.05) is 0 Å². The van der Waals surface area contributed by atoms with Crippen LogP contribution in [0.1, 0.15) is 26.7 Å². The highest BCUT2D eigenvalue weighted by atomic mass is 16.1. The number of rotatable bonds is 5. The Morgan fingerprint density at radius 1 is 0.929 bits per heavy atom. The summed E-state index contributed by atoms with van der Waals surface area (Å²) < 4.78 is 0. The van der Waals surface area contributed by atoms with E-state index in [1.807, 2.05) is 0 Å². The van der Waals surface area contributed by atoms with Crippen molar-refractivity contribution in [3.05, 3.63) is 23.3 Å². The SMILES string of the molecule is CC=C(CCC(=CC)C(N)=O)C(N)=O. The summed E-state index contributed by atoms with van der Waals surface area (Å²) in [6.07, 6.45) is 4.20. The van der Waals surface area contributed by atoms with Crippen molar-refractivity contribution in [3.8, 4) is 0 Å². The van der Waals surface area contributed by atoms with Gasteiger partial charge in [0.15, 0.2) is 0 Å². The lowest BCUT2D eigenvalue weighted by Gasteiger charge is -2.03. The van der Waals surface area contributed by atoms with Gasteiger partial charge >= 0.3 is 0 Å². The van der Waals surface area contributed by atoms with Crippen molar-refractivity contribution in [2.45, 2.75) is 26.7 Å². The van der Waals surface area contributed by atoms with E-state index in [0.717, 1.165) is 0 Å². The molecule has 0 aliphatic rings. The molecule has 0 aromatic carbocycles. The van der Waals surface area contributed by atoms with Gasteiger partial charge in [0.05, 0.1) is 0 Å². The molecule has 0 aromatic rings. The summed E-state index contributed by atoms with van der Waals surface area (Å²) >= 11 is 0. The topological polar surface area (TPSA) is 86.2 Å². The first-order chi connectivity index (χ1) is 6.52. The van der Waals surface area contributed by atoms with Gasteiger partial charge in [0.2, 0.25) is 11.8 Å². The highest BCUT2D eigenvalue weighted by molar-refractivity contribution is 5.93. The Balaban J connectivity index is 4.30. The molecule has 78 valence electrons. The molecule has 0 spiro atoms. The number of nitrogens with two attached hydrogens (primary N) is 2. The third kappa shape index (κ3) is 3.89. The third-order valence-corrected chi connectivity index (χ3v) is 1.99. The van der Waals surface area contributed by atoms with Crippen molar-refractivity contribution < 1.29 is 9.59 Å². The third-order valence-electron chi connectivity index (χ3n) is 1.99. The van der Waals surface area contributed by atoms with Crippen molar-refractivity contribution in [1.29, 1.82) is 0 Å². The molecule has 0 fully saturated rings. The lowest BCUT2D eigenvalue weighted by Crippen LogP contribution is -2.17. The molecule has 2 amide bonds. The van der Waals surface area contributed by atoms with E-state index in [1.54, 1.807) is 26.0 Å². The van der Waals surface area contributed by atoms with Crippen LogP contribution in [0.15, 0.2) is 23.3 Å². The summed E-state index contributed by atoms with van der Waals surface area (Å²) in [5.41, 5.74) is 11.3. The first kappa shape index (κ1) is 12.4. The first-order valence-corrected chi connectivity index (χ1v) is 4.42. The van der Waals surface area contributed by atoms with Crippen LogP contribution in [0.2, 0.25) is 0 Å². The van der Waals surface area contributed by atoms with Crippen molar-refractivity contribution in [3.63, 3.8) is 0 Å². The van der Waals surface area contributed by atoms with Crippen molar-refractivity contribution >= 4 is 11.8 Å². The maximum Gasteiger partial charge on any atom is 0.244 e. The zero-order valence-electron chi connectivity index (χ0n) is 8.54. The van der Waals surface area contributed by atoms with E-state index in [9.17, 15) is 9.59 Å². The Kier molecular flexibility index (Phi) is 5.29. The van der Waals surface area contributed by atoms with E-state index < -0.39 is 11.8 Å². The molecule has 4 N–H and O–H groups in total. The Morgan fingerprint density at radius 3 is 1.36 bits per heavy atom. The van der Waals surface area contributed by atoms with E-state index in [0.29, 0.717) is 24.0 Å². The summed E-state index contributed by atoms with van der Waals surface area (Å²) in [5, 5.41) is 0. The van der Waals surface area contributed by atoms with Gasteiger partial charge in [-0.3, -0.25) is 9.59 Å². The zero-order valence-corrected chi connectivity index (χ0v) is 8.54. The Labute approximate surface area is 83.6 Å². The number of carbonyl (C=O) groups is 2. The molecule has 0 unspecified atom stereocenters. The van der Waals surface area contributed by atoms with Crippen LogP contribution < -0.4 is 11.5 Å².